The van der Waals surface area contributed by atoms with Gasteiger partial charge in [-0.1, -0.05) is 30.7 Å². The Morgan fingerprint density at radius 3 is 2.56 bits per heavy atom. The molecule has 0 aliphatic heterocycles. The van der Waals surface area contributed by atoms with Gasteiger partial charge < -0.3 is 9.52 Å². The summed E-state index contributed by atoms with van der Waals surface area (Å²) in [7, 11) is 0. The molecule has 1 unspecified atom stereocenters. The lowest BCUT2D eigenvalue weighted by Crippen LogP contribution is -2.13. The van der Waals surface area contributed by atoms with Crippen molar-refractivity contribution in [1.82, 2.24) is 0 Å². The molecule has 1 N–H and O–H groups in total. The third-order valence-electron chi connectivity index (χ3n) is 3.78. The van der Waals surface area contributed by atoms with Crippen LogP contribution in [0.15, 0.2) is 41.0 Å². The molecule has 1 heterocycles. The fraction of sp³-hybridized carbons (Fsp3) is 0.333. The monoisotopic (exact) mass is 262 g/mol. The third-order valence-corrected chi connectivity index (χ3v) is 4.08. The maximum atomic E-state index is 10.5. The molecule has 0 spiro atoms. The zero-order chi connectivity index (χ0) is 12.5. The lowest BCUT2D eigenvalue weighted by Gasteiger charge is -2.29. The second-order valence-electron chi connectivity index (χ2n) is 4.81. The number of benzene rings is 1. The van der Waals surface area contributed by atoms with E-state index in [2.05, 4.69) is 6.07 Å². The van der Waals surface area contributed by atoms with E-state index >= 15 is 0 Å². The van der Waals surface area contributed by atoms with Crippen molar-refractivity contribution < 1.29 is 9.52 Å². The van der Waals surface area contributed by atoms with Crippen LogP contribution in [0.25, 0.3) is 0 Å². The highest BCUT2D eigenvalue weighted by atomic mass is 35.5. The predicted octanol–water partition coefficient (Wildman–Crippen LogP) is 4.28. The second kappa shape index (κ2) is 4.79. The van der Waals surface area contributed by atoms with Crippen LogP contribution in [0.2, 0.25) is 5.22 Å². The number of hydrogen-bond acceptors (Lipinski definition) is 2. The highest BCUT2D eigenvalue weighted by molar-refractivity contribution is 6.29. The van der Waals surface area contributed by atoms with Crippen molar-refractivity contribution in [3.05, 3.63) is 58.5 Å². The van der Waals surface area contributed by atoms with Crippen molar-refractivity contribution in [2.45, 2.75) is 31.3 Å². The van der Waals surface area contributed by atoms with Crippen molar-refractivity contribution in [3.8, 4) is 0 Å². The van der Waals surface area contributed by atoms with Crippen LogP contribution in [0.4, 0.5) is 0 Å². The largest absolute Gasteiger partial charge is 0.453 e. The summed E-state index contributed by atoms with van der Waals surface area (Å²) in [6.45, 7) is 0. The van der Waals surface area contributed by atoms with Crippen LogP contribution in [-0.4, -0.2) is 5.11 Å². The van der Waals surface area contributed by atoms with Crippen molar-refractivity contribution in [2.24, 2.45) is 0 Å². The summed E-state index contributed by atoms with van der Waals surface area (Å²) in [5.41, 5.74) is 2.84. The van der Waals surface area contributed by atoms with Gasteiger partial charge in [0.2, 0.25) is 0 Å². The van der Waals surface area contributed by atoms with Crippen LogP contribution in [0.3, 0.4) is 0 Å². The van der Waals surface area contributed by atoms with E-state index in [1.54, 1.807) is 6.07 Å². The highest BCUT2D eigenvalue weighted by Gasteiger charge is 2.26. The van der Waals surface area contributed by atoms with Gasteiger partial charge in [-0.3, -0.25) is 0 Å². The summed E-state index contributed by atoms with van der Waals surface area (Å²) in [5, 5.41) is 10.7. The molecule has 94 valence electrons. The zero-order valence-corrected chi connectivity index (χ0v) is 10.7. The standard InChI is InChI=1S/C15H15ClO2/c16-15-13(8-9-18-15)14(17)12-7-2-1-6-11(12)10-4-3-5-10/h1-2,6-10,14,17H,3-5H2. The van der Waals surface area contributed by atoms with E-state index in [0.717, 1.165) is 5.56 Å². The van der Waals surface area contributed by atoms with Crippen LogP contribution in [0.1, 0.15) is 48.0 Å². The lowest BCUT2D eigenvalue weighted by atomic mass is 9.77. The maximum Gasteiger partial charge on any atom is 0.199 e. The molecule has 3 heteroatoms. The van der Waals surface area contributed by atoms with E-state index < -0.39 is 6.10 Å². The number of aliphatic hydroxyl groups excluding tert-OH is 1. The van der Waals surface area contributed by atoms with Crippen LogP contribution < -0.4 is 0 Å². The molecule has 1 saturated carbocycles. The van der Waals surface area contributed by atoms with E-state index in [4.69, 9.17) is 16.0 Å². The Balaban J connectivity index is 1.98. The molecule has 1 aliphatic rings. The van der Waals surface area contributed by atoms with Gasteiger partial charge in [0.25, 0.3) is 0 Å². The Labute approximate surface area is 111 Å². The highest BCUT2D eigenvalue weighted by Crippen LogP contribution is 2.41. The van der Waals surface area contributed by atoms with Gasteiger partial charge >= 0.3 is 0 Å². The minimum absolute atomic E-state index is 0.269. The Morgan fingerprint density at radius 2 is 1.94 bits per heavy atom. The molecular weight excluding hydrogens is 248 g/mol. The lowest BCUT2D eigenvalue weighted by molar-refractivity contribution is 0.216. The molecule has 0 amide bonds. The van der Waals surface area contributed by atoms with E-state index in [0.29, 0.717) is 11.5 Å². The summed E-state index contributed by atoms with van der Waals surface area (Å²) < 4.78 is 5.05. The summed E-state index contributed by atoms with van der Waals surface area (Å²) in [4.78, 5) is 0. The normalized spacial score (nSPS) is 17.4. The molecule has 2 nitrogen and oxygen atoms in total. The average Bonchev–Trinajstić information content (AvgIpc) is 2.73. The molecule has 1 aliphatic carbocycles. The quantitative estimate of drug-likeness (QED) is 0.896. The summed E-state index contributed by atoms with van der Waals surface area (Å²) in [6.07, 6.45) is 4.51. The fourth-order valence-corrected chi connectivity index (χ4v) is 2.74. The first-order valence-electron chi connectivity index (χ1n) is 6.27. The number of hydrogen-bond donors (Lipinski definition) is 1. The van der Waals surface area contributed by atoms with Crippen LogP contribution in [0, 0.1) is 0 Å². The molecule has 2 aromatic rings. The second-order valence-corrected chi connectivity index (χ2v) is 5.15. The van der Waals surface area contributed by atoms with Crippen molar-refractivity contribution in [1.29, 1.82) is 0 Å². The molecule has 0 bridgehead atoms. The van der Waals surface area contributed by atoms with Crippen LogP contribution in [-0.2, 0) is 0 Å². The minimum atomic E-state index is -0.701. The van der Waals surface area contributed by atoms with Gasteiger partial charge in [0.1, 0.15) is 6.10 Å². The summed E-state index contributed by atoms with van der Waals surface area (Å²) in [6, 6.07) is 9.79. The molecule has 1 aromatic carbocycles. The molecule has 3 rings (SSSR count). The van der Waals surface area contributed by atoms with Gasteiger partial charge in [-0.15, -0.1) is 0 Å². The van der Waals surface area contributed by atoms with Gasteiger partial charge in [-0.05, 0) is 47.6 Å². The zero-order valence-electron chi connectivity index (χ0n) is 9.97. The van der Waals surface area contributed by atoms with Gasteiger partial charge in [-0.2, -0.15) is 0 Å². The van der Waals surface area contributed by atoms with E-state index in [1.165, 1.54) is 31.1 Å². The molecule has 1 aromatic heterocycles. The summed E-state index contributed by atoms with van der Waals surface area (Å²) in [5.74, 6) is 0.585. The maximum absolute atomic E-state index is 10.5. The van der Waals surface area contributed by atoms with E-state index in [1.807, 2.05) is 18.2 Å². The smallest absolute Gasteiger partial charge is 0.199 e. The van der Waals surface area contributed by atoms with Gasteiger partial charge in [0.15, 0.2) is 5.22 Å². The Morgan fingerprint density at radius 1 is 1.17 bits per heavy atom. The molecule has 0 radical (unpaired) electrons. The molecule has 1 atom stereocenters. The number of furan rings is 1. The van der Waals surface area contributed by atoms with E-state index in [9.17, 15) is 5.11 Å². The summed E-state index contributed by atoms with van der Waals surface area (Å²) >= 11 is 5.94. The van der Waals surface area contributed by atoms with E-state index in [-0.39, 0.29) is 5.22 Å². The van der Waals surface area contributed by atoms with Crippen molar-refractivity contribution >= 4 is 11.6 Å². The molecular formula is C15H15ClO2. The van der Waals surface area contributed by atoms with Gasteiger partial charge in [0.05, 0.1) is 6.26 Å². The Hall–Kier alpha value is -1.25. The Bertz CT molecular complexity index is 543. The number of rotatable bonds is 3. The van der Waals surface area contributed by atoms with Crippen LogP contribution >= 0.6 is 11.6 Å². The number of halogens is 1. The first-order chi connectivity index (χ1) is 8.77. The molecule has 18 heavy (non-hydrogen) atoms. The number of aliphatic hydroxyl groups is 1. The SMILES string of the molecule is OC(c1ccccc1C1CCC1)c1ccoc1Cl. The third kappa shape index (κ3) is 1.96. The fourth-order valence-electron chi connectivity index (χ4n) is 2.52. The van der Waals surface area contributed by atoms with Gasteiger partial charge in [0, 0.05) is 5.56 Å². The molecule has 0 saturated heterocycles. The van der Waals surface area contributed by atoms with Crippen molar-refractivity contribution in [3.63, 3.8) is 0 Å². The van der Waals surface area contributed by atoms with Crippen LogP contribution in [0.5, 0.6) is 0 Å². The first kappa shape index (κ1) is 11.8. The average molecular weight is 263 g/mol. The first-order valence-corrected chi connectivity index (χ1v) is 6.65. The topological polar surface area (TPSA) is 33.4 Å². The predicted molar refractivity (Wildman–Crippen MR) is 70.8 cm³/mol. The Kier molecular flexibility index (Phi) is 3.14. The van der Waals surface area contributed by atoms with Crippen molar-refractivity contribution in [2.75, 3.05) is 0 Å². The van der Waals surface area contributed by atoms with Gasteiger partial charge in [-0.25, -0.2) is 0 Å². The minimum Gasteiger partial charge on any atom is -0.453 e. The molecule has 1 fully saturated rings.